The standard InChI is InChI=1S/C16H21N5S/c1-12-9-14(21-7-3-2-4-8-21)6-5-13(12)10-18-20-16-19-15(17)11-22-16/h5-6,9-11H,2-4,7-8,17H2,1H3,(H,19,20). The van der Waals surface area contributed by atoms with E-state index in [2.05, 4.69) is 45.5 Å². The van der Waals surface area contributed by atoms with Crippen molar-refractivity contribution in [2.45, 2.75) is 26.2 Å². The van der Waals surface area contributed by atoms with Gasteiger partial charge < -0.3 is 10.6 Å². The van der Waals surface area contributed by atoms with Crippen molar-refractivity contribution in [2.24, 2.45) is 5.10 Å². The molecule has 0 bridgehead atoms. The number of piperidine rings is 1. The van der Waals surface area contributed by atoms with Crippen LogP contribution >= 0.6 is 11.3 Å². The molecule has 0 aliphatic carbocycles. The second kappa shape index (κ2) is 6.79. The lowest BCUT2D eigenvalue weighted by atomic mass is 10.1. The van der Waals surface area contributed by atoms with Crippen LogP contribution in [0.15, 0.2) is 28.7 Å². The Kier molecular flexibility index (Phi) is 4.58. The Bertz CT molecular complexity index is 658. The molecule has 2 heterocycles. The molecule has 0 unspecified atom stereocenters. The van der Waals surface area contributed by atoms with Crippen LogP contribution in [0.3, 0.4) is 0 Å². The molecule has 1 fully saturated rings. The number of benzene rings is 1. The fraction of sp³-hybridized carbons (Fsp3) is 0.375. The molecule has 5 nitrogen and oxygen atoms in total. The van der Waals surface area contributed by atoms with Crippen molar-refractivity contribution in [2.75, 3.05) is 29.1 Å². The summed E-state index contributed by atoms with van der Waals surface area (Å²) < 4.78 is 0. The van der Waals surface area contributed by atoms with Crippen molar-refractivity contribution in [3.63, 3.8) is 0 Å². The van der Waals surface area contributed by atoms with E-state index in [0.29, 0.717) is 10.9 Å². The first-order chi connectivity index (χ1) is 10.7. The monoisotopic (exact) mass is 315 g/mol. The van der Waals surface area contributed by atoms with Crippen LogP contribution in [0.4, 0.5) is 16.6 Å². The van der Waals surface area contributed by atoms with Crippen molar-refractivity contribution in [1.29, 1.82) is 0 Å². The number of anilines is 3. The average molecular weight is 315 g/mol. The second-order valence-corrected chi connectivity index (χ2v) is 6.39. The maximum Gasteiger partial charge on any atom is 0.205 e. The summed E-state index contributed by atoms with van der Waals surface area (Å²) in [6.07, 6.45) is 5.77. The summed E-state index contributed by atoms with van der Waals surface area (Å²) in [5.74, 6) is 0.518. The van der Waals surface area contributed by atoms with Gasteiger partial charge >= 0.3 is 0 Å². The molecule has 3 N–H and O–H groups in total. The largest absolute Gasteiger partial charge is 0.383 e. The number of thiazole rings is 1. The zero-order valence-electron chi connectivity index (χ0n) is 12.7. The zero-order chi connectivity index (χ0) is 15.4. The maximum absolute atomic E-state index is 5.58. The Morgan fingerprint density at radius 2 is 2.14 bits per heavy atom. The van der Waals surface area contributed by atoms with Gasteiger partial charge in [-0.25, -0.2) is 4.98 Å². The molecule has 2 aromatic rings. The summed E-state index contributed by atoms with van der Waals surface area (Å²) in [6.45, 7) is 4.45. The highest BCUT2D eigenvalue weighted by Gasteiger charge is 2.11. The summed E-state index contributed by atoms with van der Waals surface area (Å²) in [6, 6.07) is 6.55. The van der Waals surface area contributed by atoms with Crippen molar-refractivity contribution in [1.82, 2.24) is 4.98 Å². The van der Waals surface area contributed by atoms with E-state index in [1.165, 1.54) is 54.9 Å². The lowest BCUT2D eigenvalue weighted by Crippen LogP contribution is -2.29. The summed E-state index contributed by atoms with van der Waals surface area (Å²) in [5, 5.41) is 6.73. The van der Waals surface area contributed by atoms with Gasteiger partial charge in [0.25, 0.3) is 0 Å². The third-order valence-corrected chi connectivity index (χ3v) is 4.63. The third kappa shape index (κ3) is 3.57. The van der Waals surface area contributed by atoms with Gasteiger partial charge in [0, 0.05) is 24.2 Å². The lowest BCUT2D eigenvalue weighted by Gasteiger charge is -2.29. The molecule has 1 aromatic carbocycles. The van der Waals surface area contributed by atoms with E-state index >= 15 is 0 Å². The van der Waals surface area contributed by atoms with E-state index in [-0.39, 0.29) is 0 Å². The molecule has 0 amide bonds. The molecule has 0 radical (unpaired) electrons. The molecule has 0 saturated carbocycles. The van der Waals surface area contributed by atoms with Crippen LogP contribution in [-0.4, -0.2) is 24.3 Å². The Balaban J connectivity index is 1.66. The molecule has 0 atom stereocenters. The zero-order valence-corrected chi connectivity index (χ0v) is 13.6. The number of nitrogen functional groups attached to an aromatic ring is 1. The van der Waals surface area contributed by atoms with Gasteiger partial charge in [-0.3, -0.25) is 5.43 Å². The summed E-state index contributed by atoms with van der Waals surface area (Å²) in [4.78, 5) is 6.57. The number of hydrazone groups is 1. The predicted octanol–water partition coefficient (Wildman–Crippen LogP) is 3.47. The van der Waals surface area contributed by atoms with E-state index in [1.54, 1.807) is 5.38 Å². The average Bonchev–Trinajstić information content (AvgIpc) is 2.95. The predicted molar refractivity (Wildman–Crippen MR) is 95.0 cm³/mol. The molecule has 6 heteroatoms. The fourth-order valence-corrected chi connectivity index (χ4v) is 3.20. The number of hydrogen-bond donors (Lipinski definition) is 2. The van der Waals surface area contributed by atoms with Crippen LogP contribution in [0.1, 0.15) is 30.4 Å². The first-order valence-corrected chi connectivity index (χ1v) is 8.46. The van der Waals surface area contributed by atoms with Gasteiger partial charge in [-0.2, -0.15) is 5.10 Å². The Morgan fingerprint density at radius 1 is 1.32 bits per heavy atom. The molecule has 22 heavy (non-hydrogen) atoms. The summed E-state index contributed by atoms with van der Waals surface area (Å²) >= 11 is 1.44. The summed E-state index contributed by atoms with van der Waals surface area (Å²) in [7, 11) is 0. The van der Waals surface area contributed by atoms with E-state index < -0.39 is 0 Å². The van der Waals surface area contributed by atoms with Crippen molar-refractivity contribution >= 4 is 34.2 Å². The third-order valence-electron chi connectivity index (χ3n) is 3.86. The smallest absolute Gasteiger partial charge is 0.205 e. The number of aromatic nitrogens is 1. The van der Waals surface area contributed by atoms with Crippen LogP contribution in [0.2, 0.25) is 0 Å². The minimum atomic E-state index is 0.518. The molecular formula is C16H21N5S. The number of hydrogen-bond acceptors (Lipinski definition) is 6. The van der Waals surface area contributed by atoms with Gasteiger partial charge in [-0.15, -0.1) is 11.3 Å². The molecule has 1 aliphatic heterocycles. The fourth-order valence-electron chi connectivity index (χ4n) is 2.65. The second-order valence-electron chi connectivity index (χ2n) is 5.54. The van der Waals surface area contributed by atoms with Gasteiger partial charge in [0.05, 0.1) is 6.21 Å². The first kappa shape index (κ1) is 14.8. The molecule has 116 valence electrons. The summed E-state index contributed by atoms with van der Waals surface area (Å²) in [5.41, 5.74) is 12.1. The number of rotatable bonds is 4. The first-order valence-electron chi connectivity index (χ1n) is 7.58. The Morgan fingerprint density at radius 3 is 2.82 bits per heavy atom. The number of aryl methyl sites for hydroxylation is 1. The van der Waals surface area contributed by atoms with Gasteiger partial charge in [0.2, 0.25) is 5.13 Å². The van der Waals surface area contributed by atoms with E-state index in [1.807, 2.05) is 6.21 Å². The Labute approximate surface area is 134 Å². The number of nitrogens with zero attached hydrogens (tertiary/aromatic N) is 3. The van der Waals surface area contributed by atoms with Crippen LogP contribution in [0, 0.1) is 6.92 Å². The molecule has 1 aliphatic rings. The minimum absolute atomic E-state index is 0.518. The van der Waals surface area contributed by atoms with E-state index in [0.717, 1.165) is 5.56 Å². The van der Waals surface area contributed by atoms with Crippen LogP contribution in [-0.2, 0) is 0 Å². The van der Waals surface area contributed by atoms with Crippen LogP contribution in [0.5, 0.6) is 0 Å². The minimum Gasteiger partial charge on any atom is -0.383 e. The van der Waals surface area contributed by atoms with Crippen LogP contribution < -0.4 is 16.1 Å². The molecule has 1 aromatic heterocycles. The maximum atomic E-state index is 5.58. The van der Waals surface area contributed by atoms with Crippen LogP contribution in [0.25, 0.3) is 0 Å². The Hall–Kier alpha value is -2.08. The normalized spacial score (nSPS) is 15.4. The van der Waals surface area contributed by atoms with Gasteiger partial charge in [-0.1, -0.05) is 6.07 Å². The van der Waals surface area contributed by atoms with E-state index in [4.69, 9.17) is 5.73 Å². The quantitative estimate of drug-likeness (QED) is 0.670. The highest BCUT2D eigenvalue weighted by Crippen LogP contribution is 2.22. The molecule has 3 rings (SSSR count). The molecule has 1 saturated heterocycles. The number of nitrogens with two attached hydrogens (primary N) is 1. The molecule has 0 spiro atoms. The van der Waals surface area contributed by atoms with Gasteiger partial charge in [-0.05, 0) is 49.4 Å². The lowest BCUT2D eigenvalue weighted by molar-refractivity contribution is 0.578. The van der Waals surface area contributed by atoms with Crippen molar-refractivity contribution in [3.05, 3.63) is 34.7 Å². The van der Waals surface area contributed by atoms with Gasteiger partial charge in [0.15, 0.2) is 0 Å². The van der Waals surface area contributed by atoms with Crippen molar-refractivity contribution in [3.8, 4) is 0 Å². The highest BCUT2D eigenvalue weighted by molar-refractivity contribution is 7.14. The van der Waals surface area contributed by atoms with Gasteiger partial charge in [0.1, 0.15) is 5.82 Å². The SMILES string of the molecule is Cc1cc(N2CCCCC2)ccc1C=NNc1nc(N)cs1. The number of nitrogens with one attached hydrogen (secondary N) is 1. The molecular weight excluding hydrogens is 294 g/mol. The van der Waals surface area contributed by atoms with Crippen molar-refractivity contribution < 1.29 is 0 Å². The highest BCUT2D eigenvalue weighted by atomic mass is 32.1. The topological polar surface area (TPSA) is 66.5 Å². The van der Waals surface area contributed by atoms with E-state index in [9.17, 15) is 0 Å².